The molecule has 4 nitrogen and oxygen atoms in total. The monoisotopic (exact) mass is 294 g/mol. The van der Waals surface area contributed by atoms with Gasteiger partial charge in [-0.3, -0.25) is 4.79 Å². The first kappa shape index (κ1) is 15.3. The van der Waals surface area contributed by atoms with Crippen molar-refractivity contribution in [2.75, 3.05) is 13.1 Å². The van der Waals surface area contributed by atoms with Crippen LogP contribution in [0.15, 0.2) is 0 Å². The molecule has 1 saturated carbocycles. The predicted molar refractivity (Wildman–Crippen MR) is 83.1 cm³/mol. The largest absolute Gasteiger partial charge is 0.360 e. The Labute approximate surface area is 128 Å². The van der Waals surface area contributed by atoms with Crippen LogP contribution in [-0.4, -0.2) is 36.2 Å². The van der Waals surface area contributed by atoms with Crippen molar-refractivity contribution in [2.45, 2.75) is 76.5 Å². The fraction of sp³-hybridized carbons (Fsp3) is 0.941. The number of rotatable bonds is 1. The van der Waals surface area contributed by atoms with Crippen molar-refractivity contribution >= 4 is 5.91 Å². The highest BCUT2D eigenvalue weighted by Crippen LogP contribution is 2.44. The summed E-state index contributed by atoms with van der Waals surface area (Å²) in [5.41, 5.74) is -0.204. The van der Waals surface area contributed by atoms with E-state index in [9.17, 15) is 4.79 Å². The highest BCUT2D eigenvalue weighted by atomic mass is 16.5. The first-order valence-electron chi connectivity index (χ1n) is 8.61. The van der Waals surface area contributed by atoms with Crippen molar-refractivity contribution < 1.29 is 9.53 Å². The lowest BCUT2D eigenvalue weighted by Crippen LogP contribution is -2.53. The van der Waals surface area contributed by atoms with Crippen molar-refractivity contribution in [3.05, 3.63) is 0 Å². The summed E-state index contributed by atoms with van der Waals surface area (Å²) in [6.07, 6.45) is 6.89. The molecule has 3 rings (SSSR count). The summed E-state index contributed by atoms with van der Waals surface area (Å²) in [5.74, 6) is 1.36. The van der Waals surface area contributed by atoms with E-state index >= 15 is 0 Å². The van der Waals surface area contributed by atoms with Crippen LogP contribution < -0.4 is 10.6 Å². The van der Waals surface area contributed by atoms with Crippen LogP contribution in [0.2, 0.25) is 0 Å². The quantitative estimate of drug-likeness (QED) is 0.780. The molecule has 0 bridgehead atoms. The van der Waals surface area contributed by atoms with Gasteiger partial charge in [-0.2, -0.15) is 0 Å². The molecule has 0 radical (unpaired) electrons. The molecule has 0 aromatic rings. The van der Waals surface area contributed by atoms with Crippen molar-refractivity contribution in [3.8, 4) is 0 Å². The van der Waals surface area contributed by atoms with Crippen LogP contribution in [0.1, 0.15) is 59.3 Å². The first-order chi connectivity index (χ1) is 9.90. The van der Waals surface area contributed by atoms with E-state index in [-0.39, 0.29) is 17.6 Å². The van der Waals surface area contributed by atoms with Gasteiger partial charge in [-0.05, 0) is 64.3 Å². The standard InChI is InChI=1S/C17H30N2O2/c1-12-9-13(5-4-6-16(2,3)19-10-12)14-11-18-15(20)17(21-14)7-8-17/h12-14,19H,4-11H2,1-3H3,(H,18,20). The van der Waals surface area contributed by atoms with Gasteiger partial charge in [-0.15, -0.1) is 0 Å². The van der Waals surface area contributed by atoms with Crippen LogP contribution >= 0.6 is 0 Å². The topological polar surface area (TPSA) is 50.4 Å². The highest BCUT2D eigenvalue weighted by molar-refractivity contribution is 5.88. The minimum absolute atomic E-state index is 0.123. The lowest BCUT2D eigenvalue weighted by Gasteiger charge is -2.36. The van der Waals surface area contributed by atoms with Crippen LogP contribution in [0.25, 0.3) is 0 Å². The molecule has 1 spiro atoms. The number of hydrogen-bond donors (Lipinski definition) is 2. The highest BCUT2D eigenvalue weighted by Gasteiger charge is 2.55. The molecule has 3 unspecified atom stereocenters. The van der Waals surface area contributed by atoms with E-state index in [0.717, 1.165) is 19.4 Å². The van der Waals surface area contributed by atoms with Gasteiger partial charge < -0.3 is 15.4 Å². The zero-order valence-electron chi connectivity index (χ0n) is 13.7. The molecule has 0 aromatic heterocycles. The number of amides is 1. The third-order valence-electron chi connectivity index (χ3n) is 5.50. The van der Waals surface area contributed by atoms with Gasteiger partial charge in [-0.25, -0.2) is 0 Å². The lowest BCUT2D eigenvalue weighted by atomic mass is 9.86. The molecular formula is C17H30N2O2. The van der Waals surface area contributed by atoms with Gasteiger partial charge in [0.25, 0.3) is 5.91 Å². The minimum atomic E-state index is -0.442. The van der Waals surface area contributed by atoms with Crippen LogP contribution in [0.3, 0.4) is 0 Å². The molecule has 2 N–H and O–H groups in total. The second-order valence-corrected chi connectivity index (χ2v) is 8.12. The molecule has 0 aromatic carbocycles. The van der Waals surface area contributed by atoms with Crippen molar-refractivity contribution in [2.24, 2.45) is 11.8 Å². The van der Waals surface area contributed by atoms with Crippen LogP contribution in [-0.2, 0) is 9.53 Å². The van der Waals surface area contributed by atoms with Crippen LogP contribution in [0.5, 0.6) is 0 Å². The summed E-state index contributed by atoms with van der Waals surface area (Å²) in [4.78, 5) is 11.9. The molecule has 1 amide bonds. The lowest BCUT2D eigenvalue weighted by molar-refractivity contribution is -0.154. The predicted octanol–water partition coefficient (Wildman–Crippen LogP) is 2.23. The van der Waals surface area contributed by atoms with E-state index in [1.165, 1.54) is 25.7 Å². The van der Waals surface area contributed by atoms with Crippen molar-refractivity contribution in [1.29, 1.82) is 0 Å². The normalized spacial score (nSPS) is 39.0. The Hall–Kier alpha value is -0.610. The smallest absolute Gasteiger partial charge is 0.252 e. The Morgan fingerprint density at radius 2 is 1.95 bits per heavy atom. The SMILES string of the molecule is CC1CNC(C)(C)CCCC(C2CNC(=O)C3(CC3)O2)C1. The van der Waals surface area contributed by atoms with E-state index in [2.05, 4.69) is 31.4 Å². The minimum Gasteiger partial charge on any atom is -0.360 e. The second kappa shape index (κ2) is 5.54. The van der Waals surface area contributed by atoms with E-state index in [4.69, 9.17) is 4.74 Å². The zero-order valence-corrected chi connectivity index (χ0v) is 13.7. The van der Waals surface area contributed by atoms with Gasteiger partial charge >= 0.3 is 0 Å². The number of nitrogens with one attached hydrogen (secondary N) is 2. The Morgan fingerprint density at radius 1 is 1.19 bits per heavy atom. The van der Waals surface area contributed by atoms with Gasteiger partial charge in [0.2, 0.25) is 0 Å². The van der Waals surface area contributed by atoms with Crippen molar-refractivity contribution in [1.82, 2.24) is 10.6 Å². The first-order valence-corrected chi connectivity index (χ1v) is 8.61. The summed E-state index contributed by atoms with van der Waals surface area (Å²) in [6, 6.07) is 0. The van der Waals surface area contributed by atoms with Gasteiger partial charge in [0.15, 0.2) is 0 Å². The van der Waals surface area contributed by atoms with E-state index < -0.39 is 5.60 Å². The number of morpholine rings is 1. The van der Waals surface area contributed by atoms with Crippen molar-refractivity contribution in [3.63, 3.8) is 0 Å². The molecule has 21 heavy (non-hydrogen) atoms. The van der Waals surface area contributed by atoms with Crippen LogP contribution in [0, 0.1) is 11.8 Å². The van der Waals surface area contributed by atoms with E-state index in [0.29, 0.717) is 18.4 Å². The molecule has 120 valence electrons. The summed E-state index contributed by atoms with van der Waals surface area (Å²) in [6.45, 7) is 8.71. The Morgan fingerprint density at radius 3 is 2.67 bits per heavy atom. The molecule has 3 atom stereocenters. The third-order valence-corrected chi connectivity index (χ3v) is 5.50. The van der Waals surface area contributed by atoms with E-state index in [1.54, 1.807) is 0 Å². The molecule has 2 heterocycles. The Balaban J connectivity index is 1.65. The number of hydrogen-bond acceptors (Lipinski definition) is 3. The molecular weight excluding hydrogens is 264 g/mol. The average molecular weight is 294 g/mol. The maximum absolute atomic E-state index is 11.9. The molecule has 3 fully saturated rings. The van der Waals surface area contributed by atoms with E-state index in [1.807, 2.05) is 0 Å². The number of carbonyl (C=O) groups is 1. The average Bonchev–Trinajstić information content (AvgIpc) is 3.18. The maximum Gasteiger partial charge on any atom is 0.252 e. The number of ether oxygens (including phenoxy) is 1. The Bertz CT molecular complexity index is 404. The van der Waals surface area contributed by atoms with Gasteiger partial charge in [-0.1, -0.05) is 13.3 Å². The fourth-order valence-corrected chi connectivity index (χ4v) is 3.86. The third kappa shape index (κ3) is 3.42. The van der Waals surface area contributed by atoms with Gasteiger partial charge in [0.05, 0.1) is 6.10 Å². The molecule has 3 aliphatic rings. The van der Waals surface area contributed by atoms with Gasteiger partial charge in [0.1, 0.15) is 5.60 Å². The molecule has 2 saturated heterocycles. The van der Waals surface area contributed by atoms with Crippen LogP contribution in [0.4, 0.5) is 0 Å². The second-order valence-electron chi connectivity index (χ2n) is 8.12. The summed E-state index contributed by atoms with van der Waals surface area (Å²) >= 11 is 0. The summed E-state index contributed by atoms with van der Waals surface area (Å²) in [5, 5.41) is 6.78. The summed E-state index contributed by atoms with van der Waals surface area (Å²) in [7, 11) is 0. The Kier molecular flexibility index (Phi) is 4.04. The fourth-order valence-electron chi connectivity index (χ4n) is 3.86. The van der Waals surface area contributed by atoms with Gasteiger partial charge in [0, 0.05) is 12.1 Å². The molecule has 4 heteroatoms. The maximum atomic E-state index is 11.9. The number of carbonyl (C=O) groups excluding carboxylic acids is 1. The summed E-state index contributed by atoms with van der Waals surface area (Å²) < 4.78 is 6.24. The molecule has 1 aliphatic carbocycles. The zero-order chi connectivity index (χ0) is 15.1. The molecule has 2 aliphatic heterocycles.